The number of phenols is 2. The van der Waals surface area contributed by atoms with Gasteiger partial charge in [-0.25, -0.2) is 4.79 Å². The summed E-state index contributed by atoms with van der Waals surface area (Å²) in [6.07, 6.45) is 6.29. The predicted molar refractivity (Wildman–Crippen MR) is 167 cm³/mol. The summed E-state index contributed by atoms with van der Waals surface area (Å²) in [5, 5.41) is 42.0. The van der Waals surface area contributed by atoms with E-state index in [-0.39, 0.29) is 51.1 Å². The number of allylic oxidation sites excluding steroid dienone is 1. The fraction of sp³-hybridized carbons (Fsp3) is 0.730. The number of carbonyl (C=O) groups excluding carboxylic acids is 1. The second-order valence-corrected chi connectivity index (χ2v) is 16.8. The third-order valence-electron chi connectivity index (χ3n) is 14.9. The highest BCUT2D eigenvalue weighted by atomic mass is 16.6. The van der Waals surface area contributed by atoms with Crippen molar-refractivity contribution in [3.8, 4) is 11.5 Å². The molecule has 5 fully saturated rings. The van der Waals surface area contributed by atoms with E-state index in [0.29, 0.717) is 18.3 Å². The smallest absolute Gasteiger partial charge is 0.338 e. The Kier molecular flexibility index (Phi) is 7.13. The molecule has 0 bridgehead atoms. The van der Waals surface area contributed by atoms with E-state index in [9.17, 15) is 30.0 Å². The number of hydrogen-bond acceptors (Lipinski definition) is 6. The van der Waals surface area contributed by atoms with Crippen molar-refractivity contribution in [3.05, 3.63) is 35.9 Å². The molecule has 44 heavy (non-hydrogen) atoms. The minimum Gasteiger partial charge on any atom is -0.504 e. The van der Waals surface area contributed by atoms with Gasteiger partial charge in [-0.15, -0.1) is 0 Å². The highest BCUT2D eigenvalue weighted by Crippen LogP contribution is 2.77. The van der Waals surface area contributed by atoms with Crippen molar-refractivity contribution in [3.63, 3.8) is 0 Å². The first-order valence-corrected chi connectivity index (χ1v) is 16.7. The van der Waals surface area contributed by atoms with E-state index < -0.39 is 35.0 Å². The summed E-state index contributed by atoms with van der Waals surface area (Å²) in [4.78, 5) is 26.2. The molecule has 0 heterocycles. The Morgan fingerprint density at radius 3 is 2.23 bits per heavy atom. The summed E-state index contributed by atoms with van der Waals surface area (Å²) in [5.41, 5.74) is -0.138. The average Bonchev–Trinajstić information content (AvgIpc) is 3.35. The lowest BCUT2D eigenvalue weighted by molar-refractivity contribution is -0.263. The molecule has 0 saturated heterocycles. The molecule has 5 saturated carbocycles. The van der Waals surface area contributed by atoms with Crippen molar-refractivity contribution >= 4 is 11.9 Å². The monoisotopic (exact) mass is 608 g/mol. The Labute approximate surface area is 262 Å². The quantitative estimate of drug-likeness (QED) is 0.160. The van der Waals surface area contributed by atoms with Crippen molar-refractivity contribution in [1.29, 1.82) is 0 Å². The zero-order chi connectivity index (χ0) is 32.2. The van der Waals surface area contributed by atoms with Crippen LogP contribution in [-0.2, 0) is 9.53 Å². The van der Waals surface area contributed by atoms with Crippen molar-refractivity contribution in [2.45, 2.75) is 112 Å². The maximum atomic E-state index is 13.3. The van der Waals surface area contributed by atoms with Gasteiger partial charge in [0.25, 0.3) is 0 Å². The van der Waals surface area contributed by atoms with Gasteiger partial charge in [0.05, 0.1) is 17.1 Å². The molecule has 0 spiro atoms. The number of aliphatic carboxylic acids is 1. The van der Waals surface area contributed by atoms with Gasteiger partial charge in [0.15, 0.2) is 11.5 Å². The highest BCUT2D eigenvalue weighted by molar-refractivity contribution is 5.90. The molecule has 7 nitrogen and oxygen atoms in total. The van der Waals surface area contributed by atoms with E-state index in [1.807, 2.05) is 0 Å². The number of aliphatic hydroxyl groups is 1. The number of carboxylic acid groups (broad SMARTS) is 1. The molecule has 4 N–H and O–H groups in total. The number of aliphatic hydroxyl groups excluding tert-OH is 1. The third-order valence-corrected chi connectivity index (χ3v) is 14.9. The fourth-order valence-corrected chi connectivity index (χ4v) is 12.6. The van der Waals surface area contributed by atoms with Crippen LogP contribution in [0.25, 0.3) is 0 Å². The van der Waals surface area contributed by atoms with Gasteiger partial charge >= 0.3 is 11.9 Å². The number of ether oxygens (including phenoxy) is 1. The van der Waals surface area contributed by atoms with Crippen molar-refractivity contribution in [2.75, 3.05) is 0 Å². The van der Waals surface area contributed by atoms with E-state index in [2.05, 4.69) is 48.1 Å². The fourth-order valence-electron chi connectivity index (χ4n) is 12.6. The van der Waals surface area contributed by atoms with Gasteiger partial charge < -0.3 is 25.2 Å². The first-order valence-electron chi connectivity index (χ1n) is 16.7. The zero-order valence-corrected chi connectivity index (χ0v) is 27.4. The molecule has 6 rings (SSSR count). The normalized spacial score (nSPS) is 45.7. The minimum absolute atomic E-state index is 0.0241. The van der Waals surface area contributed by atoms with Gasteiger partial charge in [0.2, 0.25) is 0 Å². The third kappa shape index (κ3) is 4.02. The van der Waals surface area contributed by atoms with Crippen LogP contribution in [0.3, 0.4) is 0 Å². The summed E-state index contributed by atoms with van der Waals surface area (Å²) < 4.78 is 6.06. The molecule has 0 radical (unpaired) electrons. The molecule has 11 unspecified atom stereocenters. The van der Waals surface area contributed by atoms with Gasteiger partial charge in [-0.3, -0.25) is 4.79 Å². The molecule has 1 aromatic carbocycles. The van der Waals surface area contributed by atoms with E-state index in [4.69, 9.17) is 4.74 Å². The summed E-state index contributed by atoms with van der Waals surface area (Å²) in [6, 6.07) is 3.88. The van der Waals surface area contributed by atoms with Crippen LogP contribution in [0.2, 0.25) is 0 Å². The summed E-state index contributed by atoms with van der Waals surface area (Å²) >= 11 is 0. The maximum absolute atomic E-state index is 13.3. The van der Waals surface area contributed by atoms with Crippen LogP contribution in [0.1, 0.15) is 110 Å². The molecular formula is C37H52O7. The van der Waals surface area contributed by atoms with Gasteiger partial charge in [0, 0.05) is 0 Å². The largest absolute Gasteiger partial charge is 0.504 e. The average molecular weight is 609 g/mol. The predicted octanol–water partition coefficient (Wildman–Crippen LogP) is 7.34. The van der Waals surface area contributed by atoms with Gasteiger partial charge in [-0.1, -0.05) is 46.8 Å². The first-order chi connectivity index (χ1) is 20.4. The van der Waals surface area contributed by atoms with Crippen LogP contribution in [0.4, 0.5) is 0 Å². The molecule has 0 aromatic heterocycles. The van der Waals surface area contributed by atoms with Crippen LogP contribution < -0.4 is 0 Å². The number of aromatic hydroxyl groups is 2. The van der Waals surface area contributed by atoms with E-state index in [1.54, 1.807) is 0 Å². The zero-order valence-electron chi connectivity index (χ0n) is 27.4. The highest BCUT2D eigenvalue weighted by Gasteiger charge is 2.72. The number of benzene rings is 1. The number of hydrogen-bond donors (Lipinski definition) is 4. The van der Waals surface area contributed by atoms with Crippen LogP contribution >= 0.6 is 0 Å². The van der Waals surface area contributed by atoms with Crippen LogP contribution in [0.5, 0.6) is 11.5 Å². The van der Waals surface area contributed by atoms with Gasteiger partial charge in [-0.05, 0) is 134 Å². The Hall–Kier alpha value is -2.54. The Bertz CT molecular complexity index is 1380. The lowest BCUT2D eigenvalue weighted by Crippen LogP contribution is -2.69. The van der Waals surface area contributed by atoms with Crippen molar-refractivity contribution in [2.24, 2.45) is 56.7 Å². The number of phenolic OH excluding ortho intramolecular Hbond substituents is 2. The molecular weight excluding hydrogens is 556 g/mol. The number of carboxylic acids is 1. The van der Waals surface area contributed by atoms with E-state index >= 15 is 0 Å². The number of fused-ring (bicyclic) bond motifs is 7. The van der Waals surface area contributed by atoms with Gasteiger partial charge in [0.1, 0.15) is 6.10 Å². The summed E-state index contributed by atoms with van der Waals surface area (Å²) in [6.45, 7) is 18.0. The Morgan fingerprint density at radius 2 is 1.59 bits per heavy atom. The second-order valence-electron chi connectivity index (χ2n) is 16.8. The van der Waals surface area contributed by atoms with Crippen LogP contribution in [0.15, 0.2) is 30.4 Å². The number of carbonyl (C=O) groups is 2. The Balaban J connectivity index is 1.35. The first kappa shape index (κ1) is 31.4. The molecule has 242 valence electrons. The molecule has 11 atom stereocenters. The number of rotatable bonds is 4. The maximum Gasteiger partial charge on any atom is 0.338 e. The lowest BCUT2D eigenvalue weighted by atomic mass is 9.32. The molecule has 1 aromatic rings. The molecule has 0 aliphatic heterocycles. The molecule has 5 aliphatic rings. The Morgan fingerprint density at radius 1 is 0.886 bits per heavy atom. The lowest BCUT2D eigenvalue weighted by Gasteiger charge is -2.73. The molecule has 0 amide bonds. The second kappa shape index (κ2) is 9.98. The molecule has 5 aliphatic carbocycles. The number of esters is 1. The van der Waals surface area contributed by atoms with Crippen molar-refractivity contribution in [1.82, 2.24) is 0 Å². The summed E-state index contributed by atoms with van der Waals surface area (Å²) in [5.74, 6) is -0.691. The van der Waals surface area contributed by atoms with Crippen molar-refractivity contribution < 1.29 is 34.8 Å². The van der Waals surface area contributed by atoms with Gasteiger partial charge in [-0.2, -0.15) is 0 Å². The SMILES string of the molecule is C=C(C)C1CCC2(C(=O)O)CCC3(C)C(CCC4C5(C)CC(OC(=O)c6ccc(O)c(O)c6)C(O)C(C)(C)C5CCC43C)C12. The topological polar surface area (TPSA) is 124 Å². The standard InChI is InChI=1S/C37H52O7/c1-20(2)22-12-15-37(32(42)43)17-16-35(6)23(29(22)37)9-11-28-34(5)19-26(44-31(41)21-8-10-24(38)25(39)18-21)30(40)33(3,4)27(34)13-14-36(28,35)7/h8,10,18,22-23,26-30,38-40H,1,9,11-17,19H2,2-7H3,(H,42,43). The van der Waals surface area contributed by atoms with Crippen LogP contribution in [-0.4, -0.2) is 44.6 Å². The minimum atomic E-state index is -0.841. The van der Waals surface area contributed by atoms with E-state index in [1.165, 1.54) is 18.2 Å². The van der Waals surface area contributed by atoms with E-state index in [0.717, 1.165) is 56.9 Å². The van der Waals surface area contributed by atoms with Crippen LogP contribution in [0, 0.1) is 56.7 Å². The molecule has 7 heteroatoms. The summed E-state index contributed by atoms with van der Waals surface area (Å²) in [7, 11) is 0.